The Bertz CT molecular complexity index is 768. The molecule has 26 heavy (non-hydrogen) atoms. The van der Waals surface area contributed by atoms with E-state index >= 15 is 0 Å². The number of nitrogens with zero attached hydrogens (tertiary/aromatic N) is 2. The van der Waals surface area contributed by atoms with Gasteiger partial charge in [-0.05, 0) is 29.5 Å². The lowest BCUT2D eigenvalue weighted by atomic mass is 10.0. The van der Waals surface area contributed by atoms with Crippen molar-refractivity contribution in [1.82, 2.24) is 15.1 Å². The Morgan fingerprint density at radius 1 is 1.23 bits per heavy atom. The van der Waals surface area contributed by atoms with E-state index in [0.717, 1.165) is 30.8 Å². The molecule has 2 fully saturated rings. The van der Waals surface area contributed by atoms with Gasteiger partial charge in [0.2, 0.25) is 11.8 Å². The predicted octanol–water partition coefficient (Wildman–Crippen LogP) is 0.227. The number of piperidine rings is 1. The second-order valence-corrected chi connectivity index (χ2v) is 7.73. The van der Waals surface area contributed by atoms with Gasteiger partial charge in [0.1, 0.15) is 6.04 Å². The van der Waals surface area contributed by atoms with E-state index in [-0.39, 0.29) is 30.2 Å². The summed E-state index contributed by atoms with van der Waals surface area (Å²) in [5.41, 5.74) is 8.79. The summed E-state index contributed by atoms with van der Waals surface area (Å²) in [6.45, 7) is 5.20. The fraction of sp³-hybridized carbons (Fsp3) is 0.526. The van der Waals surface area contributed by atoms with E-state index < -0.39 is 6.04 Å². The standard InChI is InChI=1S/C19H24N4O3/c1-11-7-22(10-15(11)20)8-12-2-3-13-9-23(19(26)14(13)6-12)16-4-5-17(24)21-18(16)25/h2-3,6,11,15-16H,4-5,7-10,20H2,1H3,(H,21,24,25). The van der Waals surface area contributed by atoms with Crippen LogP contribution in [0.5, 0.6) is 0 Å². The van der Waals surface area contributed by atoms with E-state index in [1.807, 2.05) is 12.1 Å². The lowest BCUT2D eigenvalue weighted by Gasteiger charge is -2.29. The van der Waals surface area contributed by atoms with E-state index in [1.54, 1.807) is 4.90 Å². The van der Waals surface area contributed by atoms with Crippen molar-refractivity contribution in [3.63, 3.8) is 0 Å². The van der Waals surface area contributed by atoms with Gasteiger partial charge in [0.05, 0.1) is 0 Å². The number of imide groups is 1. The molecule has 0 bridgehead atoms. The van der Waals surface area contributed by atoms with Crippen molar-refractivity contribution in [3.05, 3.63) is 34.9 Å². The Morgan fingerprint density at radius 2 is 2.04 bits per heavy atom. The highest BCUT2D eigenvalue weighted by atomic mass is 16.2. The normalized spacial score (nSPS) is 29.2. The van der Waals surface area contributed by atoms with Crippen LogP contribution in [0.1, 0.15) is 41.3 Å². The third kappa shape index (κ3) is 3.01. The number of nitrogens with one attached hydrogen (secondary N) is 1. The third-order valence-corrected chi connectivity index (χ3v) is 5.74. The van der Waals surface area contributed by atoms with Gasteiger partial charge in [-0.15, -0.1) is 0 Å². The first-order valence-electron chi connectivity index (χ1n) is 9.17. The van der Waals surface area contributed by atoms with Gasteiger partial charge < -0.3 is 10.6 Å². The molecular weight excluding hydrogens is 332 g/mol. The van der Waals surface area contributed by atoms with Crippen molar-refractivity contribution in [1.29, 1.82) is 0 Å². The lowest BCUT2D eigenvalue weighted by molar-refractivity contribution is -0.136. The summed E-state index contributed by atoms with van der Waals surface area (Å²) in [5, 5.41) is 2.33. The zero-order chi connectivity index (χ0) is 18.4. The molecule has 4 rings (SSSR count). The Hall–Kier alpha value is -2.25. The molecule has 3 amide bonds. The average molecular weight is 356 g/mol. The molecule has 0 saturated carbocycles. The SMILES string of the molecule is CC1CN(Cc2ccc3c(c2)C(=O)N(C2CCC(=O)NC2=O)C3)CC1N. The molecule has 3 atom stereocenters. The molecule has 0 radical (unpaired) electrons. The summed E-state index contributed by atoms with van der Waals surface area (Å²) in [6, 6.07) is 5.61. The van der Waals surface area contributed by atoms with Crippen molar-refractivity contribution >= 4 is 17.7 Å². The number of fused-ring (bicyclic) bond motifs is 1. The van der Waals surface area contributed by atoms with Crippen molar-refractivity contribution in [2.24, 2.45) is 11.7 Å². The van der Waals surface area contributed by atoms with Gasteiger partial charge in [0.15, 0.2) is 0 Å². The van der Waals surface area contributed by atoms with Gasteiger partial charge >= 0.3 is 0 Å². The Labute approximate surface area is 152 Å². The number of benzene rings is 1. The van der Waals surface area contributed by atoms with Gasteiger partial charge in [-0.3, -0.25) is 24.6 Å². The first-order valence-corrected chi connectivity index (χ1v) is 9.17. The van der Waals surface area contributed by atoms with Crippen LogP contribution in [0.4, 0.5) is 0 Å². The van der Waals surface area contributed by atoms with Gasteiger partial charge in [-0.25, -0.2) is 0 Å². The van der Waals surface area contributed by atoms with Crippen LogP contribution in [0.15, 0.2) is 18.2 Å². The fourth-order valence-electron chi connectivity index (χ4n) is 4.18. The number of nitrogens with two attached hydrogens (primary N) is 1. The summed E-state index contributed by atoms with van der Waals surface area (Å²) in [4.78, 5) is 40.2. The Morgan fingerprint density at radius 3 is 2.73 bits per heavy atom. The van der Waals surface area contributed by atoms with Crippen LogP contribution in [-0.2, 0) is 22.7 Å². The number of hydrogen-bond acceptors (Lipinski definition) is 5. The third-order valence-electron chi connectivity index (χ3n) is 5.74. The molecule has 3 N–H and O–H groups in total. The van der Waals surface area contributed by atoms with E-state index in [1.165, 1.54) is 0 Å². The minimum Gasteiger partial charge on any atom is -0.326 e. The second-order valence-electron chi connectivity index (χ2n) is 7.73. The zero-order valence-corrected chi connectivity index (χ0v) is 14.9. The smallest absolute Gasteiger partial charge is 0.255 e. The monoisotopic (exact) mass is 356 g/mol. The molecule has 3 heterocycles. The first-order chi connectivity index (χ1) is 12.4. The molecule has 0 aliphatic carbocycles. The van der Waals surface area contributed by atoms with Crippen LogP contribution >= 0.6 is 0 Å². The highest BCUT2D eigenvalue weighted by molar-refractivity contribution is 6.05. The molecule has 7 heteroatoms. The van der Waals surface area contributed by atoms with Gasteiger partial charge in [-0.2, -0.15) is 0 Å². The van der Waals surface area contributed by atoms with Crippen LogP contribution in [0.25, 0.3) is 0 Å². The molecule has 138 valence electrons. The van der Waals surface area contributed by atoms with Gasteiger partial charge in [0, 0.05) is 44.2 Å². The highest BCUT2D eigenvalue weighted by Crippen LogP contribution is 2.29. The van der Waals surface area contributed by atoms with Crippen LogP contribution in [-0.4, -0.2) is 52.7 Å². The number of amides is 3. The number of carbonyl (C=O) groups excluding carboxylic acids is 3. The van der Waals surface area contributed by atoms with Crippen molar-refractivity contribution in [2.45, 2.75) is 44.9 Å². The van der Waals surface area contributed by atoms with E-state index in [9.17, 15) is 14.4 Å². The molecule has 0 aromatic heterocycles. The van der Waals surface area contributed by atoms with Crippen molar-refractivity contribution in [3.8, 4) is 0 Å². The lowest BCUT2D eigenvalue weighted by Crippen LogP contribution is -2.52. The number of carbonyl (C=O) groups is 3. The second kappa shape index (κ2) is 6.48. The molecule has 1 aromatic carbocycles. The molecule has 3 unspecified atom stereocenters. The maximum absolute atomic E-state index is 12.8. The highest BCUT2D eigenvalue weighted by Gasteiger charge is 2.39. The summed E-state index contributed by atoms with van der Waals surface area (Å²) < 4.78 is 0. The quantitative estimate of drug-likeness (QED) is 0.756. The molecular formula is C19H24N4O3. The van der Waals surface area contributed by atoms with Crippen LogP contribution in [0.2, 0.25) is 0 Å². The Balaban J connectivity index is 1.49. The largest absolute Gasteiger partial charge is 0.326 e. The van der Waals surface area contributed by atoms with Crippen LogP contribution < -0.4 is 11.1 Å². The maximum Gasteiger partial charge on any atom is 0.255 e. The Kier molecular flexibility index (Phi) is 4.28. The van der Waals surface area contributed by atoms with Crippen molar-refractivity contribution < 1.29 is 14.4 Å². The van der Waals surface area contributed by atoms with Crippen molar-refractivity contribution in [2.75, 3.05) is 13.1 Å². The number of hydrogen-bond donors (Lipinski definition) is 2. The van der Waals surface area contributed by atoms with Crippen LogP contribution in [0.3, 0.4) is 0 Å². The average Bonchev–Trinajstić information content (AvgIpc) is 3.07. The molecule has 2 saturated heterocycles. The minimum atomic E-state index is -0.562. The molecule has 3 aliphatic heterocycles. The van der Waals surface area contributed by atoms with Gasteiger partial charge in [0.25, 0.3) is 5.91 Å². The molecule has 7 nitrogen and oxygen atoms in total. The topological polar surface area (TPSA) is 95.7 Å². The summed E-state index contributed by atoms with van der Waals surface area (Å²) in [6.07, 6.45) is 0.663. The summed E-state index contributed by atoms with van der Waals surface area (Å²) >= 11 is 0. The summed E-state index contributed by atoms with van der Waals surface area (Å²) in [7, 11) is 0. The van der Waals surface area contributed by atoms with Crippen LogP contribution in [0, 0.1) is 5.92 Å². The number of likely N-dealkylation sites (tertiary alicyclic amines) is 1. The summed E-state index contributed by atoms with van der Waals surface area (Å²) in [5.74, 6) is -0.282. The van der Waals surface area contributed by atoms with E-state index in [0.29, 0.717) is 24.4 Å². The van der Waals surface area contributed by atoms with E-state index in [2.05, 4.69) is 23.2 Å². The molecule has 1 aromatic rings. The predicted molar refractivity (Wildman–Crippen MR) is 94.9 cm³/mol. The minimum absolute atomic E-state index is 0.122. The number of rotatable bonds is 3. The maximum atomic E-state index is 12.8. The zero-order valence-electron chi connectivity index (χ0n) is 14.9. The first kappa shape index (κ1) is 17.2. The van der Waals surface area contributed by atoms with E-state index in [4.69, 9.17) is 5.73 Å². The van der Waals surface area contributed by atoms with Gasteiger partial charge in [-0.1, -0.05) is 19.1 Å². The fourth-order valence-corrected chi connectivity index (χ4v) is 4.18. The molecule has 3 aliphatic rings. The molecule has 0 spiro atoms.